The summed E-state index contributed by atoms with van der Waals surface area (Å²) < 4.78 is 0. The van der Waals surface area contributed by atoms with Crippen molar-refractivity contribution in [3.05, 3.63) is 120 Å². The van der Waals surface area contributed by atoms with E-state index in [4.69, 9.17) is 0 Å². The Morgan fingerprint density at radius 2 is 1.53 bits per heavy atom. The second-order valence-electron chi connectivity index (χ2n) is 8.62. The zero-order valence-electron chi connectivity index (χ0n) is 18.7. The normalized spacial score (nSPS) is 18.9. The van der Waals surface area contributed by atoms with Gasteiger partial charge in [0, 0.05) is 12.8 Å². The number of hydrogen-bond donors (Lipinski definition) is 2. The number of phenolic OH excluding ortho intramolecular Hbond substituents is 1. The van der Waals surface area contributed by atoms with Gasteiger partial charge in [0.2, 0.25) is 0 Å². The van der Waals surface area contributed by atoms with Crippen molar-refractivity contribution in [1.82, 2.24) is 0 Å². The number of aliphatic hydroxyl groups is 1. The van der Waals surface area contributed by atoms with Crippen LogP contribution in [-0.2, 0) is 11.2 Å². The fraction of sp³-hybridized carbons (Fsp3) is 0.133. The molecule has 4 aromatic rings. The van der Waals surface area contributed by atoms with Gasteiger partial charge in [0.1, 0.15) is 17.2 Å². The number of ketones is 1. The van der Waals surface area contributed by atoms with Crippen LogP contribution < -0.4 is 0 Å². The van der Waals surface area contributed by atoms with Crippen molar-refractivity contribution < 1.29 is 15.0 Å². The molecule has 0 bridgehead atoms. The Hall–Kier alpha value is -4.18. The topological polar surface area (TPSA) is 69.9 Å². The van der Waals surface area contributed by atoms with Crippen molar-refractivity contribution in [3.8, 4) is 5.75 Å². The lowest BCUT2D eigenvalue weighted by Gasteiger charge is -2.26. The van der Waals surface area contributed by atoms with Gasteiger partial charge in [-0.15, -0.1) is 0 Å². The average molecular weight is 448 g/mol. The van der Waals surface area contributed by atoms with Gasteiger partial charge in [0.15, 0.2) is 5.78 Å². The minimum atomic E-state index is -0.132. The van der Waals surface area contributed by atoms with E-state index in [-0.39, 0.29) is 35.2 Å². The minimum absolute atomic E-state index is 0.0158. The average Bonchev–Trinajstić information content (AvgIpc) is 2.86. The lowest BCUT2D eigenvalue weighted by Crippen LogP contribution is -2.27. The summed E-state index contributed by atoms with van der Waals surface area (Å²) in [5.74, 6) is -0.112. The lowest BCUT2D eigenvalue weighted by molar-refractivity contribution is -0.115. The number of aliphatic hydroxyl groups excluding tert-OH is 1. The molecular weight excluding hydrogens is 422 g/mol. The highest BCUT2D eigenvalue weighted by atomic mass is 16.3. The van der Waals surface area contributed by atoms with Crippen LogP contribution in [0.15, 0.2) is 113 Å². The van der Waals surface area contributed by atoms with Gasteiger partial charge < -0.3 is 10.2 Å². The molecule has 0 saturated heterocycles. The maximum Gasteiger partial charge on any atom is 0.168 e. The number of rotatable bonds is 4. The molecule has 0 aromatic heterocycles. The summed E-state index contributed by atoms with van der Waals surface area (Å²) in [6, 6.07) is 30.7. The third-order valence-electron chi connectivity index (χ3n) is 6.37. The molecule has 1 saturated carbocycles. The largest absolute Gasteiger partial charge is 0.511 e. The first-order valence-corrected chi connectivity index (χ1v) is 11.4. The molecule has 0 aliphatic heterocycles. The molecule has 168 valence electrons. The minimum Gasteiger partial charge on any atom is -0.511 e. The molecule has 1 fully saturated rings. The zero-order chi connectivity index (χ0) is 23.5. The highest BCUT2D eigenvalue weighted by Gasteiger charge is 2.32. The van der Waals surface area contributed by atoms with Crippen LogP contribution in [0.1, 0.15) is 29.9 Å². The molecular formula is C30H25NO3. The maximum atomic E-state index is 13.4. The quantitative estimate of drug-likeness (QED) is 0.266. The molecule has 1 unspecified atom stereocenters. The maximum absolute atomic E-state index is 13.4. The molecule has 34 heavy (non-hydrogen) atoms. The molecule has 0 heterocycles. The van der Waals surface area contributed by atoms with E-state index in [0.29, 0.717) is 24.2 Å². The Morgan fingerprint density at radius 1 is 0.824 bits per heavy atom. The molecule has 4 heteroatoms. The number of fused-ring (bicyclic) bond motifs is 1. The van der Waals surface area contributed by atoms with Gasteiger partial charge in [-0.05, 0) is 46.4 Å². The van der Waals surface area contributed by atoms with Crippen LogP contribution in [-0.4, -0.2) is 21.7 Å². The third kappa shape index (κ3) is 4.35. The molecule has 5 rings (SSSR count). The van der Waals surface area contributed by atoms with Gasteiger partial charge in [-0.25, -0.2) is 4.99 Å². The van der Waals surface area contributed by atoms with Crippen LogP contribution in [0.25, 0.3) is 10.8 Å². The predicted octanol–water partition coefficient (Wildman–Crippen LogP) is 6.82. The number of para-hydroxylation sites is 2. The third-order valence-corrected chi connectivity index (χ3v) is 6.37. The summed E-state index contributed by atoms with van der Waals surface area (Å²) in [6.45, 7) is 0. The molecule has 0 radical (unpaired) electrons. The number of carbonyl (C=O) groups excluding carboxylic acids is 1. The Balaban J connectivity index is 1.59. The highest BCUT2D eigenvalue weighted by Crippen LogP contribution is 2.36. The number of nitrogens with zero attached hydrogens (tertiary/aromatic N) is 1. The van der Waals surface area contributed by atoms with Crippen LogP contribution >= 0.6 is 0 Å². The van der Waals surface area contributed by atoms with Crippen LogP contribution in [0.5, 0.6) is 5.75 Å². The summed E-state index contributed by atoms with van der Waals surface area (Å²) >= 11 is 0. The van der Waals surface area contributed by atoms with Crippen LogP contribution in [0, 0.1) is 0 Å². The molecule has 4 nitrogen and oxygen atoms in total. The molecule has 4 aromatic carbocycles. The van der Waals surface area contributed by atoms with E-state index in [1.165, 1.54) is 0 Å². The van der Waals surface area contributed by atoms with Crippen LogP contribution in [0.4, 0.5) is 5.69 Å². The highest BCUT2D eigenvalue weighted by molar-refractivity contribution is 6.25. The van der Waals surface area contributed by atoms with Crippen molar-refractivity contribution >= 4 is 28.0 Å². The van der Waals surface area contributed by atoms with E-state index < -0.39 is 0 Å². The molecule has 1 atom stereocenters. The Morgan fingerprint density at radius 3 is 2.35 bits per heavy atom. The predicted molar refractivity (Wildman–Crippen MR) is 136 cm³/mol. The standard InChI is InChI=1S/C30H25NO3/c32-27-16-7-6-15-25(27)31-26-17-23(20-9-2-1-3-10-20)19-29(34)30(26)28(33)18-22-13-8-12-21-11-4-5-14-24(21)22/h1-16,23,32-33H,17-19H2. The van der Waals surface area contributed by atoms with Crippen molar-refractivity contribution in [3.63, 3.8) is 0 Å². The molecule has 2 N–H and O–H groups in total. The summed E-state index contributed by atoms with van der Waals surface area (Å²) in [4.78, 5) is 18.1. The van der Waals surface area contributed by atoms with Crippen molar-refractivity contribution in [2.24, 2.45) is 4.99 Å². The van der Waals surface area contributed by atoms with Gasteiger partial charge in [0.25, 0.3) is 0 Å². The van der Waals surface area contributed by atoms with Crippen molar-refractivity contribution in [2.45, 2.75) is 25.2 Å². The van der Waals surface area contributed by atoms with E-state index >= 15 is 0 Å². The number of benzene rings is 4. The summed E-state index contributed by atoms with van der Waals surface area (Å²) in [7, 11) is 0. The number of aromatic hydroxyl groups is 1. The first-order chi connectivity index (χ1) is 16.6. The van der Waals surface area contributed by atoms with Crippen LogP contribution in [0.3, 0.4) is 0 Å². The lowest BCUT2D eigenvalue weighted by atomic mass is 9.78. The van der Waals surface area contributed by atoms with E-state index in [1.807, 2.05) is 72.8 Å². The number of Topliss-reactive ketones (excluding diaryl/α,β-unsaturated/α-hetero) is 1. The molecule has 0 spiro atoms. The Bertz CT molecular complexity index is 1410. The fourth-order valence-electron chi connectivity index (χ4n) is 4.70. The van der Waals surface area contributed by atoms with Crippen LogP contribution in [0.2, 0.25) is 0 Å². The van der Waals surface area contributed by atoms with Gasteiger partial charge in [-0.1, -0.05) is 84.9 Å². The Kier molecular flexibility index (Phi) is 5.96. The molecule has 1 aliphatic rings. The summed E-state index contributed by atoms with van der Waals surface area (Å²) in [5, 5.41) is 23.7. The smallest absolute Gasteiger partial charge is 0.168 e. The van der Waals surface area contributed by atoms with E-state index in [1.54, 1.807) is 24.3 Å². The number of hydrogen-bond acceptors (Lipinski definition) is 4. The summed E-state index contributed by atoms with van der Waals surface area (Å²) in [6.07, 6.45) is 1.04. The van der Waals surface area contributed by atoms with Crippen molar-refractivity contribution in [1.29, 1.82) is 0 Å². The zero-order valence-corrected chi connectivity index (χ0v) is 18.7. The first-order valence-electron chi connectivity index (χ1n) is 11.4. The van der Waals surface area contributed by atoms with E-state index in [2.05, 4.69) is 4.99 Å². The van der Waals surface area contributed by atoms with E-state index in [9.17, 15) is 15.0 Å². The summed E-state index contributed by atoms with van der Waals surface area (Å²) in [5.41, 5.74) is 3.17. The second-order valence-corrected chi connectivity index (χ2v) is 8.62. The van der Waals surface area contributed by atoms with Gasteiger partial charge in [0.05, 0.1) is 11.3 Å². The number of carbonyl (C=O) groups is 1. The van der Waals surface area contributed by atoms with Gasteiger partial charge in [-0.2, -0.15) is 0 Å². The SMILES string of the molecule is O=C1CC(c2ccccc2)CC(=Nc2ccccc2O)C1=C(O)Cc1cccc2ccccc12. The van der Waals surface area contributed by atoms with Gasteiger partial charge in [-0.3, -0.25) is 4.79 Å². The fourth-order valence-corrected chi connectivity index (χ4v) is 4.70. The van der Waals surface area contributed by atoms with E-state index in [0.717, 1.165) is 21.9 Å². The van der Waals surface area contributed by atoms with Gasteiger partial charge >= 0.3 is 0 Å². The number of aliphatic imine (C=N–C) groups is 1. The second kappa shape index (κ2) is 9.36. The monoisotopic (exact) mass is 447 g/mol. The van der Waals surface area contributed by atoms with Crippen molar-refractivity contribution in [2.75, 3.05) is 0 Å². The molecule has 1 aliphatic carbocycles. The number of phenols is 1. The molecule has 0 amide bonds. The Labute approximate surface area is 198 Å². The number of allylic oxidation sites excluding steroid dienone is 2. The first kappa shape index (κ1) is 21.7.